The average Bonchev–Trinajstić information content (AvgIpc) is 1.57. The number of aromatic nitrogens is 4. The summed E-state index contributed by atoms with van der Waals surface area (Å²) >= 11 is 15.3. The molecule has 0 bridgehead atoms. The van der Waals surface area contributed by atoms with Gasteiger partial charge in [0, 0.05) is 77.0 Å². The van der Waals surface area contributed by atoms with Crippen LogP contribution in [0.25, 0.3) is 161 Å². The Morgan fingerprint density at radius 3 is 1.40 bits per heavy atom. The van der Waals surface area contributed by atoms with E-state index in [1.807, 2.05) is 164 Å². The second-order valence-corrected chi connectivity index (χ2v) is 27.6. The summed E-state index contributed by atoms with van der Waals surface area (Å²) < 4.78 is 27.5. The Kier molecular flexibility index (Phi) is 17.6. The van der Waals surface area contributed by atoms with Gasteiger partial charge in [0.05, 0.1) is 37.1 Å². The summed E-state index contributed by atoms with van der Waals surface area (Å²) in [5.41, 5.74) is 26.6. The third kappa shape index (κ3) is 12.6. The number of halogens is 3. The minimum atomic E-state index is 0.542. The summed E-state index contributed by atoms with van der Waals surface area (Å²) in [5.74, 6) is 1.76. The van der Waals surface area contributed by atoms with Crippen molar-refractivity contribution in [3.05, 3.63) is 365 Å². The average molecular weight is 1490 g/mol. The topological polar surface area (TPSA) is 134 Å². The van der Waals surface area contributed by atoms with Crippen molar-refractivity contribution in [3.8, 4) is 51.0 Å². The van der Waals surface area contributed by atoms with E-state index in [0.717, 1.165) is 132 Å². The number of nitrogen functional groups attached to an aromatic ring is 1. The Morgan fingerprint density at radius 1 is 0.327 bits per heavy atom. The minimum Gasteiger partial charge on any atom is -0.456 e. The highest BCUT2D eigenvalue weighted by molar-refractivity contribution is 9.10. The number of anilines is 3. The molecule has 0 saturated heterocycles. The van der Waals surface area contributed by atoms with Crippen molar-refractivity contribution in [1.29, 1.82) is 0 Å². The zero-order chi connectivity index (χ0) is 71.9. The Bertz CT molecular complexity index is 6890. The fraction of sp³-hybridized carbons (Fsp3) is 0.0106. The SMILES string of the molecule is Brc1cccc2c1oc1ccccc12.Clc1ccccc1Nc1cccc2c1oc1ccccc12.Nc1ccccc1Cl.c1ccc(-c2ccc(-c3nc(-c4ccccc4)nc(-n4c5ccccc5c5ccc6c7ccccc7oc6c54)n3)cc2)cc1.c1ccc2c(c1)Cc1c-2ccc2c1oc1ccccc12. The lowest BCUT2D eigenvalue weighted by molar-refractivity contribution is 0.665. The highest BCUT2D eigenvalue weighted by atomic mass is 79.9. The first-order valence-electron chi connectivity index (χ1n) is 35.0. The van der Waals surface area contributed by atoms with Crippen LogP contribution in [-0.4, -0.2) is 19.5 Å². The highest BCUT2D eigenvalue weighted by Crippen LogP contribution is 2.45. The zero-order valence-electron chi connectivity index (χ0n) is 57.2. The number of rotatable bonds is 6. The van der Waals surface area contributed by atoms with E-state index < -0.39 is 0 Å². The molecule has 512 valence electrons. The number of fused-ring (bicyclic) bond motifs is 20. The van der Waals surface area contributed by atoms with Gasteiger partial charge >= 0.3 is 0 Å². The Morgan fingerprint density at radius 2 is 0.766 bits per heavy atom. The molecule has 0 amide bonds. The maximum absolute atomic E-state index is 6.55. The summed E-state index contributed by atoms with van der Waals surface area (Å²) in [5, 5.41) is 16.0. The van der Waals surface area contributed by atoms with Gasteiger partial charge in [-0.15, -0.1) is 0 Å². The van der Waals surface area contributed by atoms with E-state index in [1.165, 1.54) is 44.0 Å². The van der Waals surface area contributed by atoms with Gasteiger partial charge in [0.1, 0.15) is 39.0 Å². The molecule has 6 aromatic heterocycles. The number of hydrogen-bond donors (Lipinski definition) is 2. The molecule has 1 aliphatic rings. The van der Waals surface area contributed by atoms with Crippen molar-refractivity contribution in [3.63, 3.8) is 0 Å². The van der Waals surface area contributed by atoms with E-state index >= 15 is 0 Å². The number of benzene rings is 15. The molecule has 107 heavy (non-hydrogen) atoms. The molecule has 0 aliphatic heterocycles. The summed E-state index contributed by atoms with van der Waals surface area (Å²) in [7, 11) is 0. The van der Waals surface area contributed by atoms with Crippen molar-refractivity contribution in [2.75, 3.05) is 11.1 Å². The summed E-state index contributed by atoms with van der Waals surface area (Å²) in [4.78, 5) is 15.2. The van der Waals surface area contributed by atoms with E-state index in [9.17, 15) is 0 Å². The molecule has 3 N–H and O–H groups in total. The van der Waals surface area contributed by atoms with Crippen LogP contribution in [0, 0.1) is 0 Å². The lowest BCUT2D eigenvalue weighted by Crippen LogP contribution is -2.06. The normalized spacial score (nSPS) is 11.5. The summed E-state index contributed by atoms with van der Waals surface area (Å²) in [6, 6.07) is 114. The quantitative estimate of drug-likeness (QED) is 0.156. The van der Waals surface area contributed by atoms with Gasteiger partial charge in [0.25, 0.3) is 0 Å². The number of nitrogens with zero attached hydrogens (tertiary/aromatic N) is 4. The van der Waals surface area contributed by atoms with Crippen LogP contribution >= 0.6 is 39.1 Å². The van der Waals surface area contributed by atoms with Crippen molar-refractivity contribution in [1.82, 2.24) is 19.5 Å². The molecule has 0 unspecified atom stereocenters. The van der Waals surface area contributed by atoms with E-state index in [4.69, 9.17) is 61.6 Å². The molecule has 15 aromatic carbocycles. The minimum absolute atomic E-state index is 0.542. The van der Waals surface area contributed by atoms with Crippen molar-refractivity contribution < 1.29 is 17.7 Å². The molecular weight excluding hydrogens is 1430 g/mol. The smallest absolute Gasteiger partial charge is 0.238 e. The van der Waals surface area contributed by atoms with Crippen LogP contribution in [0.15, 0.2) is 362 Å². The first kappa shape index (κ1) is 66.0. The maximum Gasteiger partial charge on any atom is 0.238 e. The van der Waals surface area contributed by atoms with Crippen LogP contribution in [0.3, 0.4) is 0 Å². The van der Waals surface area contributed by atoms with Crippen molar-refractivity contribution in [2.45, 2.75) is 6.42 Å². The van der Waals surface area contributed by atoms with Gasteiger partial charge in [-0.1, -0.05) is 284 Å². The number of hydrogen-bond acceptors (Lipinski definition) is 9. The summed E-state index contributed by atoms with van der Waals surface area (Å²) in [6.07, 6.45) is 0.975. The lowest BCUT2D eigenvalue weighted by atomic mass is 10.0. The summed E-state index contributed by atoms with van der Waals surface area (Å²) in [6.45, 7) is 0. The standard InChI is InChI=1S/C39H24N4O.C19H12O.C18H12ClNO.C12H7BrO.C6H6ClN/c1-3-11-25(12-4-1)26-19-21-28(22-20-26)38-40-37(27-13-5-2-6-14-27)41-39(42-38)43-33-17-9-7-15-29(33)31-23-24-32-30-16-8-10-18-34(30)44-36(32)35(31)43;1-2-6-13-12(5-1)11-17-14(13)9-10-16-15-7-3-4-8-18(15)20-19(16)17;19-14-8-2-3-9-15(14)20-16-10-5-7-13-12-6-1-4-11-17(12)21-18(13)16;13-10-6-3-5-9-8-4-1-2-7-11(8)14-12(9)10;7-5-3-1-2-4-6(5)8/h1-24H;1-10H,11H2;1-11,20H;1-7H;1-4H,8H2. The molecular formula is C94H61BrCl2N6O4. The first-order chi connectivity index (χ1) is 52.7. The maximum atomic E-state index is 6.55. The number of nitrogens with one attached hydrogen (secondary N) is 1. The molecule has 0 atom stereocenters. The van der Waals surface area contributed by atoms with Crippen LogP contribution in [-0.2, 0) is 6.42 Å². The van der Waals surface area contributed by atoms with E-state index in [2.05, 4.69) is 190 Å². The first-order valence-corrected chi connectivity index (χ1v) is 36.6. The number of para-hydroxylation sites is 9. The predicted molar refractivity (Wildman–Crippen MR) is 445 cm³/mol. The van der Waals surface area contributed by atoms with Crippen LogP contribution < -0.4 is 11.1 Å². The second kappa shape index (κ2) is 28.5. The third-order valence-electron chi connectivity index (χ3n) is 19.4. The fourth-order valence-electron chi connectivity index (χ4n) is 14.3. The molecule has 0 spiro atoms. The largest absolute Gasteiger partial charge is 0.456 e. The van der Waals surface area contributed by atoms with Crippen LogP contribution in [0.1, 0.15) is 11.1 Å². The predicted octanol–water partition coefficient (Wildman–Crippen LogP) is 27.3. The molecule has 0 radical (unpaired) electrons. The molecule has 0 saturated carbocycles. The number of furan rings is 4. The monoisotopic (exact) mass is 1490 g/mol. The molecule has 1 aliphatic carbocycles. The van der Waals surface area contributed by atoms with Crippen molar-refractivity contribution >= 4 is 166 Å². The van der Waals surface area contributed by atoms with Crippen LogP contribution in [0.5, 0.6) is 0 Å². The second-order valence-electron chi connectivity index (χ2n) is 25.9. The lowest BCUT2D eigenvalue weighted by Gasteiger charge is -2.11. The van der Waals surface area contributed by atoms with Gasteiger partial charge in [-0.25, -0.2) is 4.98 Å². The Labute approximate surface area is 632 Å². The van der Waals surface area contributed by atoms with Crippen LogP contribution in [0.4, 0.5) is 17.1 Å². The highest BCUT2D eigenvalue weighted by Gasteiger charge is 2.25. The molecule has 21 aromatic rings. The van der Waals surface area contributed by atoms with Gasteiger partial charge in [-0.05, 0) is 123 Å². The Balaban J connectivity index is 0.000000107. The Hall–Kier alpha value is -13.0. The molecule has 6 heterocycles. The number of nitrogens with two attached hydrogens (primary N) is 1. The van der Waals surface area contributed by atoms with Crippen LogP contribution in [0.2, 0.25) is 10.0 Å². The van der Waals surface area contributed by atoms with Gasteiger partial charge in [-0.3, -0.25) is 4.57 Å². The van der Waals surface area contributed by atoms with Crippen molar-refractivity contribution in [2.24, 2.45) is 0 Å². The third-order valence-corrected chi connectivity index (χ3v) is 20.7. The molecule has 10 nitrogen and oxygen atoms in total. The molecule has 0 fully saturated rings. The zero-order valence-corrected chi connectivity index (χ0v) is 60.3. The molecule has 13 heteroatoms. The van der Waals surface area contributed by atoms with E-state index in [0.29, 0.717) is 33.3 Å². The van der Waals surface area contributed by atoms with Gasteiger partial charge in [-0.2, -0.15) is 9.97 Å². The van der Waals surface area contributed by atoms with Gasteiger partial charge < -0.3 is 28.7 Å². The fourth-order valence-corrected chi connectivity index (χ4v) is 15.1. The van der Waals surface area contributed by atoms with Gasteiger partial charge in [0.15, 0.2) is 22.8 Å². The van der Waals surface area contributed by atoms with E-state index in [1.54, 1.807) is 12.1 Å². The van der Waals surface area contributed by atoms with Gasteiger partial charge in [0.2, 0.25) is 5.95 Å². The van der Waals surface area contributed by atoms with E-state index in [-0.39, 0.29) is 0 Å². The molecule has 22 rings (SSSR count).